The molecular formula is C22H23N3O2. The highest BCUT2D eigenvalue weighted by Gasteiger charge is 2.53. The van der Waals surface area contributed by atoms with Gasteiger partial charge in [-0.05, 0) is 25.2 Å². The Hall–Kier alpha value is -2.74. The Labute approximate surface area is 159 Å². The van der Waals surface area contributed by atoms with E-state index in [1.54, 1.807) is 7.11 Å². The normalized spacial score (nSPS) is 29.4. The average molecular weight is 361 g/mol. The number of ketones is 1. The third-order valence-electron chi connectivity index (χ3n) is 6.44. The molecule has 5 heteroatoms. The number of hydrogen-bond acceptors (Lipinski definition) is 5. The van der Waals surface area contributed by atoms with Crippen molar-refractivity contribution in [2.75, 3.05) is 7.11 Å². The number of rotatable bonds is 2. The van der Waals surface area contributed by atoms with Gasteiger partial charge in [0.1, 0.15) is 5.92 Å². The first-order chi connectivity index (χ1) is 13.0. The van der Waals surface area contributed by atoms with Gasteiger partial charge in [0, 0.05) is 22.5 Å². The van der Waals surface area contributed by atoms with Gasteiger partial charge in [-0.3, -0.25) is 4.79 Å². The van der Waals surface area contributed by atoms with Gasteiger partial charge in [0.05, 0.1) is 18.9 Å². The topological polar surface area (TPSA) is 75.9 Å². The molecule has 0 aliphatic heterocycles. The molecule has 1 unspecified atom stereocenters. The van der Waals surface area contributed by atoms with Crippen LogP contribution in [0.4, 0.5) is 0 Å². The van der Waals surface area contributed by atoms with E-state index in [0.717, 1.165) is 29.7 Å². The molecule has 4 rings (SSSR count). The summed E-state index contributed by atoms with van der Waals surface area (Å²) in [5, 5.41) is 9.54. The first-order valence-electron chi connectivity index (χ1n) is 9.43. The van der Waals surface area contributed by atoms with Crippen LogP contribution in [0.15, 0.2) is 30.3 Å². The molecule has 0 N–H and O–H groups in total. The molecule has 1 saturated carbocycles. The van der Waals surface area contributed by atoms with Crippen LogP contribution in [0, 0.1) is 29.1 Å². The molecule has 27 heavy (non-hydrogen) atoms. The lowest BCUT2D eigenvalue weighted by Crippen LogP contribution is -2.50. The van der Waals surface area contributed by atoms with Crippen molar-refractivity contribution in [1.82, 2.24) is 9.97 Å². The Morgan fingerprint density at radius 2 is 2.00 bits per heavy atom. The van der Waals surface area contributed by atoms with E-state index < -0.39 is 5.92 Å². The molecule has 0 spiro atoms. The van der Waals surface area contributed by atoms with Gasteiger partial charge in [-0.15, -0.1) is 0 Å². The Kier molecular flexibility index (Phi) is 4.22. The van der Waals surface area contributed by atoms with Crippen LogP contribution >= 0.6 is 0 Å². The summed E-state index contributed by atoms with van der Waals surface area (Å²) in [5.74, 6) is 0.789. The van der Waals surface area contributed by atoms with E-state index in [2.05, 4.69) is 18.0 Å². The zero-order valence-corrected chi connectivity index (χ0v) is 15.9. The maximum absolute atomic E-state index is 12.6. The molecule has 2 aliphatic rings. The lowest BCUT2D eigenvalue weighted by molar-refractivity contribution is -0.132. The molecule has 1 heterocycles. The van der Waals surface area contributed by atoms with E-state index in [1.807, 2.05) is 37.3 Å². The number of aromatic nitrogens is 2. The molecule has 0 amide bonds. The Morgan fingerprint density at radius 3 is 2.67 bits per heavy atom. The van der Waals surface area contributed by atoms with E-state index in [-0.39, 0.29) is 23.0 Å². The Morgan fingerprint density at radius 1 is 1.26 bits per heavy atom. The van der Waals surface area contributed by atoms with Crippen molar-refractivity contribution in [3.05, 3.63) is 41.6 Å². The summed E-state index contributed by atoms with van der Waals surface area (Å²) in [6.45, 7) is 4.13. The van der Waals surface area contributed by atoms with Crippen LogP contribution in [-0.2, 0) is 16.6 Å². The predicted molar refractivity (Wildman–Crippen MR) is 101 cm³/mol. The van der Waals surface area contributed by atoms with E-state index in [4.69, 9.17) is 9.72 Å². The largest absolute Gasteiger partial charge is 0.481 e. The number of nitriles is 1. The van der Waals surface area contributed by atoms with Gasteiger partial charge < -0.3 is 4.74 Å². The SMILES string of the molecule is COc1nc(-c2ccccc2)nc2c1CC[C@H]1[C@H](C)C(=O)C(C#N)C[C@]21C. The van der Waals surface area contributed by atoms with Crippen LogP contribution in [-0.4, -0.2) is 22.9 Å². The molecule has 0 bridgehead atoms. The molecular weight excluding hydrogens is 338 g/mol. The summed E-state index contributed by atoms with van der Waals surface area (Å²) in [5.41, 5.74) is 2.57. The van der Waals surface area contributed by atoms with Crippen molar-refractivity contribution >= 4 is 5.78 Å². The van der Waals surface area contributed by atoms with Gasteiger partial charge >= 0.3 is 0 Å². The summed E-state index contributed by atoms with van der Waals surface area (Å²) in [7, 11) is 1.64. The van der Waals surface area contributed by atoms with Crippen molar-refractivity contribution in [2.45, 2.75) is 38.5 Å². The number of carbonyl (C=O) groups is 1. The molecule has 138 valence electrons. The van der Waals surface area contributed by atoms with E-state index in [0.29, 0.717) is 18.1 Å². The fraction of sp³-hybridized carbons (Fsp3) is 0.455. The summed E-state index contributed by atoms with van der Waals surface area (Å²) < 4.78 is 5.62. The highest BCUT2D eigenvalue weighted by molar-refractivity contribution is 5.87. The van der Waals surface area contributed by atoms with Crippen LogP contribution in [0.25, 0.3) is 11.4 Å². The number of fused-ring (bicyclic) bond motifs is 3. The molecule has 1 aromatic carbocycles. The van der Waals surface area contributed by atoms with Gasteiger partial charge in [-0.1, -0.05) is 44.2 Å². The monoisotopic (exact) mass is 361 g/mol. The van der Waals surface area contributed by atoms with Crippen LogP contribution in [0.2, 0.25) is 0 Å². The second kappa shape index (κ2) is 6.45. The van der Waals surface area contributed by atoms with Crippen molar-refractivity contribution in [2.24, 2.45) is 17.8 Å². The van der Waals surface area contributed by atoms with Crippen LogP contribution in [0.1, 0.15) is 37.9 Å². The first-order valence-corrected chi connectivity index (χ1v) is 9.43. The van der Waals surface area contributed by atoms with Gasteiger partial charge in [0.25, 0.3) is 0 Å². The second-order valence-electron chi connectivity index (χ2n) is 7.89. The average Bonchev–Trinajstić information content (AvgIpc) is 2.70. The van der Waals surface area contributed by atoms with Crippen molar-refractivity contribution in [1.29, 1.82) is 5.26 Å². The fourth-order valence-corrected chi connectivity index (χ4v) is 5.04. The minimum absolute atomic E-state index is 0.0766. The number of ether oxygens (including phenoxy) is 1. The summed E-state index contributed by atoms with van der Waals surface area (Å²) in [4.78, 5) is 22.2. The maximum atomic E-state index is 12.6. The molecule has 1 aromatic heterocycles. The van der Waals surface area contributed by atoms with Gasteiger partial charge in [0.2, 0.25) is 5.88 Å². The Bertz CT molecular complexity index is 935. The van der Waals surface area contributed by atoms with E-state index in [9.17, 15) is 10.1 Å². The number of Topliss-reactive ketones (excluding diaryl/α,β-unsaturated/α-hetero) is 1. The number of carbonyl (C=O) groups excluding carboxylic acids is 1. The molecule has 1 fully saturated rings. The lowest BCUT2D eigenvalue weighted by atomic mass is 9.54. The third kappa shape index (κ3) is 2.63. The zero-order valence-electron chi connectivity index (χ0n) is 15.9. The van der Waals surface area contributed by atoms with Crippen LogP contribution in [0.3, 0.4) is 0 Å². The number of hydrogen-bond donors (Lipinski definition) is 0. The Balaban J connectivity index is 1.91. The fourth-order valence-electron chi connectivity index (χ4n) is 5.04. The lowest BCUT2D eigenvalue weighted by Gasteiger charge is -2.49. The van der Waals surface area contributed by atoms with Gasteiger partial charge in [0.15, 0.2) is 11.6 Å². The third-order valence-corrected chi connectivity index (χ3v) is 6.44. The van der Waals surface area contributed by atoms with E-state index >= 15 is 0 Å². The van der Waals surface area contributed by atoms with Crippen molar-refractivity contribution in [3.8, 4) is 23.3 Å². The minimum Gasteiger partial charge on any atom is -0.481 e. The molecule has 2 aliphatic carbocycles. The zero-order chi connectivity index (χ0) is 19.2. The van der Waals surface area contributed by atoms with Gasteiger partial charge in [-0.2, -0.15) is 10.2 Å². The summed E-state index contributed by atoms with van der Waals surface area (Å²) in [6.07, 6.45) is 2.19. The number of benzene rings is 1. The molecule has 2 aromatic rings. The van der Waals surface area contributed by atoms with Crippen LogP contribution < -0.4 is 4.74 Å². The maximum Gasteiger partial charge on any atom is 0.220 e. The molecule has 5 nitrogen and oxygen atoms in total. The summed E-state index contributed by atoms with van der Waals surface area (Å²) in [6, 6.07) is 12.1. The molecule has 4 atom stereocenters. The van der Waals surface area contributed by atoms with Crippen molar-refractivity contribution < 1.29 is 9.53 Å². The predicted octanol–water partition coefficient (Wildman–Crippen LogP) is 3.72. The molecule has 0 saturated heterocycles. The molecule has 0 radical (unpaired) electrons. The first kappa shape index (κ1) is 17.7. The standard InChI is InChI=1S/C22H23N3O2/c1-13-17-10-9-16-19(22(17,2)11-15(12-23)18(13)26)24-20(25-21(16)27-3)14-7-5-4-6-8-14/h4-8,13,15,17H,9-11H2,1-3H3/t13-,15?,17-,22-/m0/s1. The van der Waals surface area contributed by atoms with Crippen LogP contribution in [0.5, 0.6) is 5.88 Å². The quantitative estimate of drug-likeness (QED) is 0.815. The highest BCUT2D eigenvalue weighted by atomic mass is 16.5. The number of methoxy groups -OCH3 is 1. The van der Waals surface area contributed by atoms with Gasteiger partial charge in [-0.25, -0.2) is 4.98 Å². The van der Waals surface area contributed by atoms with Crippen molar-refractivity contribution in [3.63, 3.8) is 0 Å². The minimum atomic E-state index is -0.576. The second-order valence-corrected chi connectivity index (χ2v) is 7.89. The van der Waals surface area contributed by atoms with E-state index in [1.165, 1.54) is 0 Å². The summed E-state index contributed by atoms with van der Waals surface area (Å²) >= 11 is 0. The highest BCUT2D eigenvalue weighted by Crippen LogP contribution is 2.53. The smallest absolute Gasteiger partial charge is 0.220 e. The number of nitrogens with zero attached hydrogens (tertiary/aromatic N) is 3.